The van der Waals surface area contributed by atoms with E-state index in [0.29, 0.717) is 13.2 Å². The second-order valence-electron chi connectivity index (χ2n) is 4.89. The molecule has 0 aliphatic heterocycles. The van der Waals surface area contributed by atoms with Crippen LogP contribution in [-0.2, 0) is 19.1 Å². The van der Waals surface area contributed by atoms with Gasteiger partial charge in [0.2, 0.25) is 0 Å². The van der Waals surface area contributed by atoms with Gasteiger partial charge in [0.25, 0.3) is 0 Å². The van der Waals surface area contributed by atoms with Crippen LogP contribution in [0.25, 0.3) is 0 Å². The quantitative estimate of drug-likeness (QED) is 0.213. The number of ether oxygens (including phenoxy) is 2. The molecule has 5 nitrogen and oxygen atoms in total. The molecule has 18 heavy (non-hydrogen) atoms. The Balaban J connectivity index is 0. The molecule has 0 heterocycles. The topological polar surface area (TPSA) is 52.6 Å². The van der Waals surface area contributed by atoms with Crippen LogP contribution in [0.5, 0.6) is 0 Å². The fourth-order valence-corrected chi connectivity index (χ4v) is 1.23. The average molecular weight is 373 g/mol. The Labute approximate surface area is 126 Å². The zero-order valence-corrected chi connectivity index (χ0v) is 13.9. The molecule has 0 radical (unpaired) electrons. The van der Waals surface area contributed by atoms with Crippen LogP contribution in [0.15, 0.2) is 0 Å². The van der Waals surface area contributed by atoms with Gasteiger partial charge in [-0.2, -0.15) is 0 Å². The number of hydrogen-bond donors (Lipinski definition) is 0. The van der Waals surface area contributed by atoms with E-state index in [1.165, 1.54) is 0 Å². The number of carbonyl (C=O) groups excluding carboxylic acids is 2. The molecule has 0 unspecified atom stereocenters. The van der Waals surface area contributed by atoms with Gasteiger partial charge in [-0.3, -0.25) is 9.59 Å². The number of rotatable bonds is 8. The lowest BCUT2D eigenvalue weighted by Gasteiger charge is -2.23. The highest BCUT2D eigenvalue weighted by molar-refractivity contribution is 5.77. The maximum absolute atomic E-state index is 11.2. The maximum atomic E-state index is 11.2. The van der Waals surface area contributed by atoms with E-state index in [0.717, 1.165) is 17.4 Å². The van der Waals surface area contributed by atoms with E-state index in [2.05, 4.69) is 21.1 Å². The molecular formula is C12H24INO4. The van der Waals surface area contributed by atoms with Crippen molar-refractivity contribution in [3.8, 4) is 0 Å². The smallest absolute Gasteiger partial charge is 0.306 e. The fraction of sp³-hybridized carbons (Fsp3) is 0.833. The van der Waals surface area contributed by atoms with E-state index in [9.17, 15) is 9.59 Å². The van der Waals surface area contributed by atoms with E-state index in [1.807, 2.05) is 0 Å². The van der Waals surface area contributed by atoms with Crippen molar-refractivity contribution in [2.45, 2.75) is 26.2 Å². The molecule has 6 heteroatoms. The molecule has 0 N–H and O–H groups in total. The Hall–Kier alpha value is -0.370. The molecular weight excluding hydrogens is 349 g/mol. The Kier molecular flexibility index (Phi) is 11.7. The van der Waals surface area contributed by atoms with Crippen molar-refractivity contribution in [2.24, 2.45) is 0 Å². The van der Waals surface area contributed by atoms with Gasteiger partial charge in [0.1, 0.15) is 0 Å². The predicted molar refractivity (Wildman–Crippen MR) is 64.3 cm³/mol. The van der Waals surface area contributed by atoms with Gasteiger partial charge >= 0.3 is 11.9 Å². The third-order valence-corrected chi connectivity index (χ3v) is 2.07. The first-order valence-electron chi connectivity index (χ1n) is 5.97. The minimum Gasteiger partial charge on any atom is -1.00 e. The predicted octanol–water partition coefficient (Wildman–Crippen LogP) is -2.03. The van der Waals surface area contributed by atoms with Crippen LogP contribution in [0.1, 0.15) is 26.2 Å². The van der Waals surface area contributed by atoms with Gasteiger partial charge in [-0.25, -0.2) is 0 Å². The summed E-state index contributed by atoms with van der Waals surface area (Å²) in [6, 6.07) is 0. The minimum absolute atomic E-state index is 0. The summed E-state index contributed by atoms with van der Waals surface area (Å²) in [6.07, 6.45) is 1.03. The molecule has 0 spiro atoms. The summed E-state index contributed by atoms with van der Waals surface area (Å²) in [5.41, 5.74) is 0. The van der Waals surface area contributed by atoms with Gasteiger partial charge in [0, 0.05) is 6.42 Å². The van der Waals surface area contributed by atoms with Crippen LogP contribution < -0.4 is 24.0 Å². The second kappa shape index (κ2) is 10.5. The molecule has 0 rings (SSSR count). The van der Waals surface area contributed by atoms with E-state index < -0.39 is 0 Å². The van der Waals surface area contributed by atoms with Crippen LogP contribution in [0.3, 0.4) is 0 Å². The average Bonchev–Trinajstić information content (AvgIpc) is 2.21. The highest BCUT2D eigenvalue weighted by Crippen LogP contribution is 1.98. The molecule has 0 saturated heterocycles. The highest BCUT2D eigenvalue weighted by Gasteiger charge is 2.10. The fourth-order valence-electron chi connectivity index (χ4n) is 1.23. The van der Waals surface area contributed by atoms with Gasteiger partial charge in [-0.15, -0.1) is 0 Å². The third kappa shape index (κ3) is 13.7. The maximum Gasteiger partial charge on any atom is 0.306 e. The monoisotopic (exact) mass is 373 g/mol. The van der Waals surface area contributed by atoms with E-state index >= 15 is 0 Å². The van der Waals surface area contributed by atoms with E-state index in [4.69, 9.17) is 9.47 Å². The van der Waals surface area contributed by atoms with Crippen LogP contribution in [0.2, 0.25) is 0 Å². The summed E-state index contributed by atoms with van der Waals surface area (Å²) in [5.74, 6) is -0.685. The first-order valence-corrected chi connectivity index (χ1v) is 5.97. The van der Waals surface area contributed by atoms with E-state index in [-0.39, 0.29) is 48.8 Å². The molecule has 0 aliphatic rings. The summed E-state index contributed by atoms with van der Waals surface area (Å²) < 4.78 is 10.6. The largest absolute Gasteiger partial charge is 1.00 e. The summed E-state index contributed by atoms with van der Waals surface area (Å²) in [6.45, 7) is 3.45. The number of quaternary nitrogens is 1. The molecule has 0 aliphatic carbocycles. The van der Waals surface area contributed by atoms with Gasteiger partial charge in [0.05, 0.1) is 53.7 Å². The molecule has 0 aromatic rings. The Morgan fingerprint density at radius 2 is 1.50 bits per heavy atom. The lowest BCUT2D eigenvalue weighted by Crippen LogP contribution is -3.00. The molecule has 0 atom stereocenters. The third-order valence-electron chi connectivity index (χ3n) is 2.07. The number of halogens is 1. The van der Waals surface area contributed by atoms with Crippen molar-refractivity contribution >= 4 is 11.9 Å². The summed E-state index contributed by atoms with van der Waals surface area (Å²) in [4.78, 5) is 22.2. The molecule has 0 aromatic heterocycles. The molecule has 0 amide bonds. The molecule has 108 valence electrons. The highest BCUT2D eigenvalue weighted by atomic mass is 127. The van der Waals surface area contributed by atoms with Gasteiger partial charge < -0.3 is 37.9 Å². The lowest BCUT2D eigenvalue weighted by atomic mass is 10.3. The lowest BCUT2D eigenvalue weighted by molar-refractivity contribution is -0.870. The molecule has 0 aromatic carbocycles. The summed E-state index contributed by atoms with van der Waals surface area (Å²) in [7, 11) is 6.26. The number of carbonyl (C=O) groups is 2. The van der Waals surface area contributed by atoms with Crippen molar-refractivity contribution in [3.63, 3.8) is 0 Å². The van der Waals surface area contributed by atoms with Crippen molar-refractivity contribution in [1.29, 1.82) is 0 Å². The van der Waals surface area contributed by atoms with Crippen molar-refractivity contribution < 1.29 is 47.5 Å². The number of nitrogens with zero attached hydrogens (tertiary/aromatic N) is 1. The van der Waals surface area contributed by atoms with E-state index in [1.54, 1.807) is 6.92 Å². The standard InChI is InChI=1S/C12H24NO4.HI/c1-5-16-11(14)7-8-12(15)17-10-6-9-13(2,3)4;/h5-10H2,1-4H3;1H/q+1;/p-1. The summed E-state index contributed by atoms with van der Waals surface area (Å²) >= 11 is 0. The molecule has 0 saturated carbocycles. The first-order chi connectivity index (χ1) is 7.85. The zero-order chi connectivity index (χ0) is 13.3. The van der Waals surface area contributed by atoms with Gasteiger partial charge in [-0.05, 0) is 6.92 Å². The van der Waals surface area contributed by atoms with Crippen LogP contribution in [0.4, 0.5) is 0 Å². The normalized spacial score (nSPS) is 10.4. The van der Waals surface area contributed by atoms with Gasteiger partial charge in [-0.1, -0.05) is 0 Å². The van der Waals surface area contributed by atoms with Crippen molar-refractivity contribution in [3.05, 3.63) is 0 Å². The Morgan fingerprint density at radius 1 is 1.00 bits per heavy atom. The second-order valence-corrected chi connectivity index (χ2v) is 4.89. The molecule has 0 fully saturated rings. The Morgan fingerprint density at radius 3 is 1.94 bits per heavy atom. The SMILES string of the molecule is CCOC(=O)CCC(=O)OCCC[N+](C)(C)C.[I-]. The van der Waals surface area contributed by atoms with Crippen LogP contribution in [0, 0.1) is 0 Å². The zero-order valence-electron chi connectivity index (χ0n) is 11.7. The summed E-state index contributed by atoms with van der Waals surface area (Å²) in [5, 5.41) is 0. The van der Waals surface area contributed by atoms with Crippen molar-refractivity contribution in [1.82, 2.24) is 0 Å². The molecule has 0 bridgehead atoms. The minimum atomic E-state index is -0.351. The van der Waals surface area contributed by atoms with Gasteiger partial charge in [0.15, 0.2) is 0 Å². The Bertz CT molecular complexity index is 251. The van der Waals surface area contributed by atoms with Crippen LogP contribution in [-0.4, -0.2) is 57.3 Å². The van der Waals surface area contributed by atoms with Crippen LogP contribution >= 0.6 is 0 Å². The number of hydrogen-bond acceptors (Lipinski definition) is 4. The number of esters is 2. The first kappa shape index (κ1) is 20.0. The van der Waals surface area contributed by atoms with Crippen molar-refractivity contribution in [2.75, 3.05) is 40.9 Å².